The summed E-state index contributed by atoms with van der Waals surface area (Å²) in [6.07, 6.45) is 9.46. The van der Waals surface area contributed by atoms with Crippen LogP contribution in [0.15, 0.2) is 36.9 Å². The van der Waals surface area contributed by atoms with Gasteiger partial charge in [0, 0.05) is 29.6 Å². The molecule has 1 aromatic carbocycles. The second-order valence-electron chi connectivity index (χ2n) is 8.68. The maximum absolute atomic E-state index is 12.9. The zero-order valence-corrected chi connectivity index (χ0v) is 16.6. The van der Waals surface area contributed by atoms with Crippen LogP contribution in [0.25, 0.3) is 10.9 Å². The Kier molecular flexibility index (Phi) is 4.75. The predicted molar refractivity (Wildman–Crippen MR) is 111 cm³/mol. The van der Waals surface area contributed by atoms with E-state index in [0.29, 0.717) is 25.5 Å². The quantitative estimate of drug-likeness (QED) is 0.543. The molecule has 0 spiro atoms. The average molecular weight is 379 g/mol. The van der Waals surface area contributed by atoms with E-state index in [4.69, 9.17) is 4.74 Å². The molecule has 1 amide bonds. The van der Waals surface area contributed by atoms with E-state index >= 15 is 0 Å². The Balaban J connectivity index is 1.60. The number of hydrogen-bond acceptors (Lipinski definition) is 2. The molecule has 1 saturated carbocycles. The summed E-state index contributed by atoms with van der Waals surface area (Å²) >= 11 is 0. The number of para-hydroxylation sites is 1. The number of piperidine rings is 1. The summed E-state index contributed by atoms with van der Waals surface area (Å²) < 4.78 is 8.40. The van der Waals surface area contributed by atoms with Gasteiger partial charge in [0.25, 0.3) is 0 Å². The molecule has 0 radical (unpaired) electrons. The first-order valence-electron chi connectivity index (χ1n) is 10.9. The summed E-state index contributed by atoms with van der Waals surface area (Å²) in [6, 6.07) is 9.18. The number of rotatable bonds is 6. The minimum Gasteiger partial charge on any atom is -0.375 e. The first-order chi connectivity index (χ1) is 13.8. The Morgan fingerprint density at radius 1 is 1.18 bits per heavy atom. The van der Waals surface area contributed by atoms with Crippen molar-refractivity contribution in [2.45, 2.75) is 63.6 Å². The number of aromatic nitrogens is 1. The van der Waals surface area contributed by atoms with Crippen molar-refractivity contribution >= 4 is 16.8 Å². The fraction of sp³-hybridized carbons (Fsp3) is 0.542. The van der Waals surface area contributed by atoms with Crippen molar-refractivity contribution < 1.29 is 9.53 Å². The van der Waals surface area contributed by atoms with E-state index in [0.717, 1.165) is 31.7 Å². The minimum atomic E-state index is 0.133. The van der Waals surface area contributed by atoms with E-state index in [1.807, 2.05) is 0 Å². The number of fused-ring (bicyclic) bond motifs is 5. The molecule has 4 heteroatoms. The third-order valence-electron chi connectivity index (χ3n) is 6.97. The van der Waals surface area contributed by atoms with Crippen LogP contribution in [0.1, 0.15) is 55.8 Å². The zero-order chi connectivity index (χ0) is 19.1. The Morgan fingerprint density at radius 3 is 2.82 bits per heavy atom. The monoisotopic (exact) mass is 378 g/mol. The standard InChI is InChI=1S/C24H30N2O2/c1-2-13-28-16-18-14-20-19-9-3-4-10-21(19)25(15-17-7-5-8-17)24(20)22-11-6-12-23(27)26(18)22/h2-4,9-10,17-18,22H,1,5-8,11-16H2/t18-,22+/m1/s1. The van der Waals surface area contributed by atoms with Gasteiger partial charge in [-0.2, -0.15) is 0 Å². The molecular formula is C24H30N2O2. The first-order valence-corrected chi connectivity index (χ1v) is 10.9. The zero-order valence-electron chi connectivity index (χ0n) is 16.6. The van der Waals surface area contributed by atoms with Gasteiger partial charge in [0.15, 0.2) is 0 Å². The summed E-state index contributed by atoms with van der Waals surface area (Å²) in [6.45, 7) is 5.99. The third-order valence-corrected chi connectivity index (χ3v) is 6.97. The maximum Gasteiger partial charge on any atom is 0.223 e. The maximum atomic E-state index is 12.9. The normalized spacial score (nSPS) is 24.7. The van der Waals surface area contributed by atoms with Crippen LogP contribution in [0, 0.1) is 5.92 Å². The summed E-state index contributed by atoms with van der Waals surface area (Å²) in [5.41, 5.74) is 4.23. The summed E-state index contributed by atoms with van der Waals surface area (Å²) in [5, 5.41) is 1.38. The molecule has 0 bridgehead atoms. The molecule has 5 rings (SSSR count). The van der Waals surface area contributed by atoms with Gasteiger partial charge in [-0.25, -0.2) is 0 Å². The molecular weight excluding hydrogens is 348 g/mol. The number of carbonyl (C=O) groups excluding carboxylic acids is 1. The first kappa shape index (κ1) is 18.0. The van der Waals surface area contributed by atoms with Crippen molar-refractivity contribution in [3.05, 3.63) is 48.2 Å². The lowest BCUT2D eigenvalue weighted by Gasteiger charge is -2.45. The van der Waals surface area contributed by atoms with Crippen LogP contribution in [0.4, 0.5) is 0 Å². The van der Waals surface area contributed by atoms with E-state index in [9.17, 15) is 4.79 Å². The minimum absolute atomic E-state index is 0.133. The SMILES string of the molecule is C=CCOC[C@H]1Cc2c(n(CC3CCC3)c3ccccc23)[C@@H]2CCCC(=O)N12. The lowest BCUT2D eigenvalue weighted by Crippen LogP contribution is -2.51. The van der Waals surface area contributed by atoms with E-state index in [1.165, 1.54) is 41.4 Å². The molecule has 2 aromatic rings. The molecule has 0 N–H and O–H groups in total. The fourth-order valence-corrected chi connectivity index (χ4v) is 5.50. The number of hydrogen-bond donors (Lipinski definition) is 0. The molecule has 148 valence electrons. The van der Waals surface area contributed by atoms with E-state index < -0.39 is 0 Å². The van der Waals surface area contributed by atoms with Gasteiger partial charge in [-0.3, -0.25) is 4.79 Å². The second kappa shape index (κ2) is 7.40. The molecule has 3 aliphatic rings. The Bertz CT molecular complexity index is 895. The van der Waals surface area contributed by atoms with Crippen LogP contribution in [0.3, 0.4) is 0 Å². The molecule has 3 heterocycles. The van der Waals surface area contributed by atoms with E-state index in [1.54, 1.807) is 6.08 Å². The molecule has 0 unspecified atom stereocenters. The lowest BCUT2D eigenvalue weighted by atomic mass is 9.84. The van der Waals surface area contributed by atoms with Crippen molar-refractivity contribution in [2.24, 2.45) is 5.92 Å². The van der Waals surface area contributed by atoms with E-state index in [-0.39, 0.29) is 12.1 Å². The second-order valence-corrected chi connectivity index (χ2v) is 8.68. The van der Waals surface area contributed by atoms with Gasteiger partial charge in [-0.05, 0) is 49.7 Å². The van der Waals surface area contributed by atoms with Crippen LogP contribution in [0.5, 0.6) is 0 Å². The van der Waals surface area contributed by atoms with Gasteiger partial charge in [0.2, 0.25) is 5.91 Å². The molecule has 28 heavy (non-hydrogen) atoms. The predicted octanol–water partition coefficient (Wildman–Crippen LogP) is 4.62. The van der Waals surface area contributed by atoms with Crippen LogP contribution < -0.4 is 0 Å². The molecule has 2 atom stereocenters. The number of benzene rings is 1. The number of ether oxygens (including phenoxy) is 1. The average Bonchev–Trinajstić information content (AvgIpc) is 2.99. The summed E-state index contributed by atoms with van der Waals surface area (Å²) in [4.78, 5) is 15.1. The van der Waals surface area contributed by atoms with Gasteiger partial charge in [0.1, 0.15) is 0 Å². The van der Waals surface area contributed by atoms with Crippen LogP contribution in [-0.4, -0.2) is 34.6 Å². The van der Waals surface area contributed by atoms with Crippen LogP contribution in [0.2, 0.25) is 0 Å². The Hall–Kier alpha value is -2.07. The Morgan fingerprint density at radius 2 is 2.04 bits per heavy atom. The number of amides is 1. The van der Waals surface area contributed by atoms with Crippen LogP contribution in [-0.2, 0) is 22.5 Å². The molecule has 1 aliphatic carbocycles. The largest absolute Gasteiger partial charge is 0.375 e. The third kappa shape index (κ3) is 2.89. The smallest absolute Gasteiger partial charge is 0.223 e. The highest BCUT2D eigenvalue weighted by molar-refractivity contribution is 5.87. The van der Waals surface area contributed by atoms with Gasteiger partial charge in [0.05, 0.1) is 25.3 Å². The summed E-state index contributed by atoms with van der Waals surface area (Å²) in [7, 11) is 0. The highest BCUT2D eigenvalue weighted by Gasteiger charge is 2.42. The van der Waals surface area contributed by atoms with Crippen molar-refractivity contribution in [3.63, 3.8) is 0 Å². The highest BCUT2D eigenvalue weighted by Crippen LogP contribution is 2.45. The topological polar surface area (TPSA) is 34.5 Å². The number of carbonyl (C=O) groups is 1. The molecule has 2 fully saturated rings. The van der Waals surface area contributed by atoms with Gasteiger partial charge >= 0.3 is 0 Å². The molecule has 1 aromatic heterocycles. The highest BCUT2D eigenvalue weighted by atomic mass is 16.5. The van der Waals surface area contributed by atoms with Crippen LogP contribution >= 0.6 is 0 Å². The van der Waals surface area contributed by atoms with E-state index in [2.05, 4.69) is 40.3 Å². The van der Waals surface area contributed by atoms with Gasteiger partial charge in [-0.15, -0.1) is 6.58 Å². The van der Waals surface area contributed by atoms with Crippen molar-refractivity contribution in [3.8, 4) is 0 Å². The molecule has 2 aliphatic heterocycles. The Labute approximate surface area is 167 Å². The van der Waals surface area contributed by atoms with Gasteiger partial charge in [-0.1, -0.05) is 30.7 Å². The molecule has 4 nitrogen and oxygen atoms in total. The fourth-order valence-electron chi connectivity index (χ4n) is 5.50. The van der Waals surface area contributed by atoms with Crippen molar-refractivity contribution in [2.75, 3.05) is 13.2 Å². The van der Waals surface area contributed by atoms with Crippen molar-refractivity contribution in [1.29, 1.82) is 0 Å². The lowest BCUT2D eigenvalue weighted by molar-refractivity contribution is -0.142. The number of nitrogens with zero attached hydrogens (tertiary/aromatic N) is 2. The van der Waals surface area contributed by atoms with Gasteiger partial charge < -0.3 is 14.2 Å². The molecule has 1 saturated heterocycles. The summed E-state index contributed by atoms with van der Waals surface area (Å²) in [5.74, 6) is 1.09. The van der Waals surface area contributed by atoms with Crippen molar-refractivity contribution in [1.82, 2.24) is 9.47 Å².